The van der Waals surface area contributed by atoms with Gasteiger partial charge in [-0.15, -0.1) is 0 Å². The van der Waals surface area contributed by atoms with Crippen molar-refractivity contribution in [2.45, 2.75) is 25.8 Å². The zero-order valence-electron chi connectivity index (χ0n) is 12.9. The molecule has 6 nitrogen and oxygen atoms in total. The first-order chi connectivity index (χ1) is 10.5. The summed E-state index contributed by atoms with van der Waals surface area (Å²) in [6.45, 7) is 1.98. The molecular formula is C16H20N2O4. The van der Waals surface area contributed by atoms with Crippen molar-refractivity contribution in [2.75, 3.05) is 24.9 Å². The number of carbonyl (C=O) groups excluding carboxylic acids is 2. The molecular weight excluding hydrogens is 284 g/mol. The van der Waals surface area contributed by atoms with E-state index in [4.69, 9.17) is 4.74 Å². The predicted octanol–water partition coefficient (Wildman–Crippen LogP) is 2.21. The molecule has 1 aliphatic carbocycles. The maximum absolute atomic E-state index is 11.8. The van der Waals surface area contributed by atoms with Crippen LogP contribution in [0.5, 0.6) is 0 Å². The van der Waals surface area contributed by atoms with Crippen LogP contribution < -0.4 is 10.6 Å². The molecule has 0 bridgehead atoms. The van der Waals surface area contributed by atoms with E-state index in [1.165, 1.54) is 14.2 Å². The van der Waals surface area contributed by atoms with Crippen molar-refractivity contribution in [1.82, 2.24) is 0 Å². The van der Waals surface area contributed by atoms with Crippen molar-refractivity contribution in [3.05, 3.63) is 35.5 Å². The van der Waals surface area contributed by atoms with Gasteiger partial charge in [-0.25, -0.2) is 9.59 Å². The number of aryl methyl sites for hydroxylation is 1. The van der Waals surface area contributed by atoms with Gasteiger partial charge in [0.05, 0.1) is 31.7 Å². The number of hydrogen-bond donors (Lipinski definition) is 2. The molecule has 0 atom stereocenters. The van der Waals surface area contributed by atoms with Gasteiger partial charge in [0.2, 0.25) is 0 Å². The van der Waals surface area contributed by atoms with E-state index in [9.17, 15) is 9.59 Å². The lowest BCUT2D eigenvalue weighted by Gasteiger charge is -2.16. The molecule has 1 saturated carbocycles. The van der Waals surface area contributed by atoms with Gasteiger partial charge in [-0.05, 0) is 31.4 Å². The second kappa shape index (κ2) is 6.98. The summed E-state index contributed by atoms with van der Waals surface area (Å²) in [5, 5.41) is 6.39. The Hall–Kier alpha value is -2.50. The molecule has 6 heteroatoms. The number of esters is 2. The zero-order valence-corrected chi connectivity index (χ0v) is 12.9. The van der Waals surface area contributed by atoms with Gasteiger partial charge in [0.25, 0.3) is 0 Å². The standard InChI is InChI=1S/C16H20N2O4/c1-10-5-4-6-12(15(10)17-11-7-8-11)18-13(16(20)22-3)9-14(19)21-2/h4-6,9,11,17-18H,7-8H2,1-3H3/b13-9+. The largest absolute Gasteiger partial charge is 0.466 e. The van der Waals surface area contributed by atoms with E-state index in [0.717, 1.165) is 30.2 Å². The Labute approximate surface area is 129 Å². The predicted molar refractivity (Wildman–Crippen MR) is 83.6 cm³/mol. The van der Waals surface area contributed by atoms with E-state index in [-0.39, 0.29) is 5.70 Å². The van der Waals surface area contributed by atoms with Crippen molar-refractivity contribution in [2.24, 2.45) is 0 Å². The van der Waals surface area contributed by atoms with Gasteiger partial charge < -0.3 is 20.1 Å². The van der Waals surface area contributed by atoms with Crippen molar-refractivity contribution in [3.63, 3.8) is 0 Å². The molecule has 0 spiro atoms. The van der Waals surface area contributed by atoms with Gasteiger partial charge in [-0.1, -0.05) is 12.1 Å². The monoisotopic (exact) mass is 304 g/mol. The van der Waals surface area contributed by atoms with Gasteiger partial charge in [-0.2, -0.15) is 0 Å². The summed E-state index contributed by atoms with van der Waals surface area (Å²) in [4.78, 5) is 23.2. The van der Waals surface area contributed by atoms with Crippen LogP contribution in [0.2, 0.25) is 0 Å². The molecule has 0 unspecified atom stereocenters. The van der Waals surface area contributed by atoms with E-state index >= 15 is 0 Å². The molecule has 1 aromatic carbocycles. The van der Waals surface area contributed by atoms with Crippen LogP contribution in [0.15, 0.2) is 30.0 Å². The van der Waals surface area contributed by atoms with Crippen LogP contribution in [0.1, 0.15) is 18.4 Å². The van der Waals surface area contributed by atoms with E-state index in [0.29, 0.717) is 11.7 Å². The minimum atomic E-state index is -0.635. The first kappa shape index (κ1) is 15.9. The van der Waals surface area contributed by atoms with Crippen molar-refractivity contribution < 1.29 is 19.1 Å². The van der Waals surface area contributed by atoms with Crippen LogP contribution in [-0.4, -0.2) is 32.2 Å². The fourth-order valence-corrected chi connectivity index (χ4v) is 1.97. The maximum Gasteiger partial charge on any atom is 0.354 e. The third-order valence-corrected chi connectivity index (χ3v) is 3.34. The summed E-state index contributed by atoms with van der Waals surface area (Å²) in [6.07, 6.45) is 3.35. The number of nitrogens with one attached hydrogen (secondary N) is 2. The van der Waals surface area contributed by atoms with Gasteiger partial charge in [0, 0.05) is 6.04 Å². The smallest absolute Gasteiger partial charge is 0.354 e. The Kier molecular flexibility index (Phi) is 5.04. The Bertz CT molecular complexity index is 606. The highest BCUT2D eigenvalue weighted by molar-refractivity contribution is 5.99. The number of methoxy groups -OCH3 is 2. The highest BCUT2D eigenvalue weighted by atomic mass is 16.5. The van der Waals surface area contributed by atoms with Crippen LogP contribution in [-0.2, 0) is 19.1 Å². The van der Waals surface area contributed by atoms with Gasteiger partial charge in [0.1, 0.15) is 5.70 Å². The summed E-state index contributed by atoms with van der Waals surface area (Å²) in [6, 6.07) is 6.17. The molecule has 0 aromatic heterocycles. The van der Waals surface area contributed by atoms with Gasteiger partial charge >= 0.3 is 11.9 Å². The van der Waals surface area contributed by atoms with Crippen molar-refractivity contribution in [3.8, 4) is 0 Å². The number of carbonyl (C=O) groups is 2. The Morgan fingerprint density at radius 1 is 1.23 bits per heavy atom. The fraction of sp³-hybridized carbons (Fsp3) is 0.375. The molecule has 0 amide bonds. The summed E-state index contributed by atoms with van der Waals surface area (Å²) in [5.74, 6) is -1.26. The first-order valence-corrected chi connectivity index (χ1v) is 7.06. The van der Waals surface area contributed by atoms with E-state index in [2.05, 4.69) is 15.4 Å². The van der Waals surface area contributed by atoms with Crippen LogP contribution in [0.25, 0.3) is 0 Å². The first-order valence-electron chi connectivity index (χ1n) is 7.06. The Balaban J connectivity index is 2.29. The van der Waals surface area contributed by atoms with Crippen molar-refractivity contribution in [1.29, 1.82) is 0 Å². The molecule has 118 valence electrons. The van der Waals surface area contributed by atoms with Gasteiger partial charge in [-0.3, -0.25) is 0 Å². The van der Waals surface area contributed by atoms with Crippen LogP contribution in [0.3, 0.4) is 0 Å². The van der Waals surface area contributed by atoms with E-state index in [1.807, 2.05) is 25.1 Å². The number of anilines is 2. The highest BCUT2D eigenvalue weighted by Crippen LogP contribution is 2.32. The number of para-hydroxylation sites is 1. The lowest BCUT2D eigenvalue weighted by Crippen LogP contribution is -2.17. The fourth-order valence-electron chi connectivity index (χ4n) is 1.97. The van der Waals surface area contributed by atoms with Gasteiger partial charge in [0.15, 0.2) is 0 Å². The number of ether oxygens (including phenoxy) is 2. The second-order valence-corrected chi connectivity index (χ2v) is 5.11. The molecule has 0 saturated heterocycles. The van der Waals surface area contributed by atoms with E-state index < -0.39 is 11.9 Å². The summed E-state index contributed by atoms with van der Waals surface area (Å²) in [7, 11) is 2.51. The summed E-state index contributed by atoms with van der Waals surface area (Å²) >= 11 is 0. The molecule has 0 heterocycles. The Morgan fingerprint density at radius 3 is 2.55 bits per heavy atom. The SMILES string of the molecule is COC(=O)/C=C(/Nc1cccc(C)c1NC1CC1)C(=O)OC. The molecule has 2 rings (SSSR count). The average Bonchev–Trinajstić information content (AvgIpc) is 3.33. The van der Waals surface area contributed by atoms with E-state index in [1.54, 1.807) is 0 Å². The van der Waals surface area contributed by atoms with Crippen molar-refractivity contribution >= 4 is 23.3 Å². The molecule has 2 N–H and O–H groups in total. The second-order valence-electron chi connectivity index (χ2n) is 5.11. The van der Waals surface area contributed by atoms with Crippen LogP contribution in [0, 0.1) is 6.92 Å². The third-order valence-electron chi connectivity index (χ3n) is 3.34. The van der Waals surface area contributed by atoms with Crippen LogP contribution >= 0.6 is 0 Å². The molecule has 0 aliphatic heterocycles. The minimum absolute atomic E-state index is 0.0267. The molecule has 22 heavy (non-hydrogen) atoms. The lowest BCUT2D eigenvalue weighted by molar-refractivity contribution is -0.138. The topological polar surface area (TPSA) is 76.7 Å². The number of rotatable bonds is 6. The minimum Gasteiger partial charge on any atom is -0.466 e. The normalized spacial score (nSPS) is 14.2. The maximum atomic E-state index is 11.8. The number of benzene rings is 1. The zero-order chi connectivity index (χ0) is 16.1. The average molecular weight is 304 g/mol. The Morgan fingerprint density at radius 2 is 1.95 bits per heavy atom. The molecule has 1 aliphatic rings. The van der Waals surface area contributed by atoms with Crippen LogP contribution in [0.4, 0.5) is 11.4 Å². The highest BCUT2D eigenvalue weighted by Gasteiger charge is 2.23. The number of hydrogen-bond acceptors (Lipinski definition) is 6. The quantitative estimate of drug-likeness (QED) is 0.620. The third kappa shape index (κ3) is 4.00. The summed E-state index contributed by atoms with van der Waals surface area (Å²) in [5.41, 5.74) is 2.72. The lowest BCUT2D eigenvalue weighted by atomic mass is 10.1. The molecule has 1 fully saturated rings. The molecule has 1 aromatic rings. The molecule has 0 radical (unpaired) electrons. The summed E-state index contributed by atoms with van der Waals surface area (Å²) < 4.78 is 9.26.